The van der Waals surface area contributed by atoms with Gasteiger partial charge in [-0.15, -0.1) is 0 Å². The Morgan fingerprint density at radius 3 is 2.55 bits per heavy atom. The number of carbonyl (C=O) groups is 1. The molecule has 2 aromatic rings. The van der Waals surface area contributed by atoms with Crippen molar-refractivity contribution in [2.24, 2.45) is 0 Å². The molecule has 1 heterocycles. The van der Waals surface area contributed by atoms with Gasteiger partial charge >= 0.3 is 12.2 Å². The van der Waals surface area contributed by atoms with Crippen LogP contribution in [0.25, 0.3) is 0 Å². The number of anilines is 2. The van der Waals surface area contributed by atoms with Gasteiger partial charge in [0.15, 0.2) is 0 Å². The fraction of sp³-hybridized carbons (Fsp3) is 0.154. The van der Waals surface area contributed by atoms with Gasteiger partial charge in [0.1, 0.15) is 5.15 Å². The van der Waals surface area contributed by atoms with Crippen molar-refractivity contribution in [3.8, 4) is 0 Å². The van der Waals surface area contributed by atoms with Crippen molar-refractivity contribution in [3.63, 3.8) is 0 Å². The summed E-state index contributed by atoms with van der Waals surface area (Å²) in [6.45, 7) is 1.66. The van der Waals surface area contributed by atoms with Crippen molar-refractivity contribution < 1.29 is 18.0 Å². The van der Waals surface area contributed by atoms with E-state index in [0.717, 1.165) is 12.1 Å². The Kier molecular flexibility index (Phi) is 4.51. The normalized spacial score (nSPS) is 11.1. The molecule has 5 nitrogen and oxygen atoms in total. The number of rotatable bonds is 2. The van der Waals surface area contributed by atoms with Crippen molar-refractivity contribution in [3.05, 3.63) is 46.7 Å². The molecule has 116 valence electrons. The fourth-order valence-corrected chi connectivity index (χ4v) is 1.86. The third-order valence-corrected chi connectivity index (χ3v) is 2.69. The molecule has 0 unspecified atom stereocenters. The zero-order chi connectivity index (χ0) is 16.3. The van der Waals surface area contributed by atoms with E-state index in [4.69, 9.17) is 11.6 Å². The number of halogens is 4. The molecule has 0 saturated heterocycles. The molecule has 1 aromatic heterocycles. The van der Waals surface area contributed by atoms with Gasteiger partial charge in [-0.25, -0.2) is 14.8 Å². The standard InChI is InChI=1S/C13H10ClF3N4O/c1-7-5-10(14)20-11(18-7)21-12(22)19-9-4-2-3-8(6-9)13(15,16)17/h2-6H,1H3,(H2,18,19,20,21,22). The lowest BCUT2D eigenvalue weighted by Gasteiger charge is -2.10. The van der Waals surface area contributed by atoms with Gasteiger partial charge in [-0.1, -0.05) is 17.7 Å². The summed E-state index contributed by atoms with van der Waals surface area (Å²) in [5.74, 6) is -0.0468. The van der Waals surface area contributed by atoms with Crippen LogP contribution in [0.15, 0.2) is 30.3 Å². The van der Waals surface area contributed by atoms with Gasteiger partial charge in [0.25, 0.3) is 0 Å². The van der Waals surface area contributed by atoms with E-state index in [-0.39, 0.29) is 16.8 Å². The lowest BCUT2D eigenvalue weighted by molar-refractivity contribution is -0.137. The zero-order valence-corrected chi connectivity index (χ0v) is 12.0. The minimum Gasteiger partial charge on any atom is -0.308 e. The molecule has 9 heteroatoms. The molecule has 0 spiro atoms. The van der Waals surface area contributed by atoms with Gasteiger partial charge in [0.05, 0.1) is 5.56 Å². The second-order valence-electron chi connectivity index (χ2n) is 4.31. The van der Waals surface area contributed by atoms with Gasteiger partial charge < -0.3 is 5.32 Å². The van der Waals surface area contributed by atoms with Crippen LogP contribution in [-0.4, -0.2) is 16.0 Å². The predicted octanol–water partition coefficient (Wildman–Crippen LogP) is 4.10. The molecule has 0 saturated carbocycles. The van der Waals surface area contributed by atoms with Crippen LogP contribution < -0.4 is 10.6 Å². The topological polar surface area (TPSA) is 66.9 Å². The van der Waals surface area contributed by atoms with E-state index in [0.29, 0.717) is 5.69 Å². The summed E-state index contributed by atoms with van der Waals surface area (Å²) < 4.78 is 37.7. The van der Waals surface area contributed by atoms with Crippen LogP contribution in [0, 0.1) is 6.92 Å². The van der Waals surface area contributed by atoms with Crippen molar-refractivity contribution in [2.75, 3.05) is 10.6 Å². The summed E-state index contributed by atoms with van der Waals surface area (Å²) in [7, 11) is 0. The van der Waals surface area contributed by atoms with Crippen LogP contribution in [0.2, 0.25) is 5.15 Å². The number of aryl methyl sites for hydroxylation is 1. The average Bonchev–Trinajstić information content (AvgIpc) is 2.36. The Labute approximate surface area is 128 Å². The third kappa shape index (κ3) is 4.32. The number of nitrogens with one attached hydrogen (secondary N) is 2. The molecule has 2 amide bonds. The highest BCUT2D eigenvalue weighted by molar-refractivity contribution is 6.29. The average molecular weight is 331 g/mol. The Hall–Kier alpha value is -2.35. The first-order valence-corrected chi connectivity index (χ1v) is 6.38. The van der Waals surface area contributed by atoms with Gasteiger partial charge in [-0.05, 0) is 31.2 Å². The van der Waals surface area contributed by atoms with Gasteiger partial charge in [-0.3, -0.25) is 5.32 Å². The second kappa shape index (κ2) is 6.18. The smallest absolute Gasteiger partial charge is 0.308 e. The lowest BCUT2D eigenvalue weighted by atomic mass is 10.2. The molecule has 1 aromatic carbocycles. The van der Waals surface area contributed by atoms with Crippen LogP contribution >= 0.6 is 11.6 Å². The number of amides is 2. The molecule has 22 heavy (non-hydrogen) atoms. The number of hydrogen-bond acceptors (Lipinski definition) is 3. The largest absolute Gasteiger partial charge is 0.416 e. The highest BCUT2D eigenvalue weighted by atomic mass is 35.5. The molecular formula is C13H10ClF3N4O. The summed E-state index contributed by atoms with van der Waals surface area (Å²) in [5.41, 5.74) is -0.333. The second-order valence-corrected chi connectivity index (χ2v) is 4.70. The van der Waals surface area contributed by atoms with E-state index >= 15 is 0 Å². The fourth-order valence-electron chi connectivity index (χ4n) is 1.62. The number of nitrogens with zero attached hydrogens (tertiary/aromatic N) is 2. The van der Waals surface area contributed by atoms with Crippen molar-refractivity contribution in [1.82, 2.24) is 9.97 Å². The molecular weight excluding hydrogens is 321 g/mol. The molecule has 2 N–H and O–H groups in total. The molecule has 0 aliphatic rings. The summed E-state index contributed by atoms with van der Waals surface area (Å²) >= 11 is 5.72. The number of hydrogen-bond donors (Lipinski definition) is 2. The quantitative estimate of drug-likeness (QED) is 0.815. The van der Waals surface area contributed by atoms with Crippen molar-refractivity contribution in [1.29, 1.82) is 0 Å². The molecule has 0 bridgehead atoms. The number of aromatic nitrogens is 2. The van der Waals surface area contributed by atoms with Gasteiger partial charge in [0, 0.05) is 11.4 Å². The van der Waals surface area contributed by atoms with Crippen LogP contribution in [0.1, 0.15) is 11.3 Å². The van der Waals surface area contributed by atoms with E-state index < -0.39 is 17.8 Å². The number of urea groups is 1. The maximum atomic E-state index is 12.6. The lowest BCUT2D eigenvalue weighted by Crippen LogP contribution is -2.21. The number of benzene rings is 1. The summed E-state index contributed by atoms with van der Waals surface area (Å²) in [5, 5.41) is 4.70. The van der Waals surface area contributed by atoms with Crippen LogP contribution in [0.5, 0.6) is 0 Å². The first-order valence-electron chi connectivity index (χ1n) is 6.00. The molecule has 0 aliphatic heterocycles. The molecule has 0 fully saturated rings. The van der Waals surface area contributed by atoms with Crippen LogP contribution in [0.3, 0.4) is 0 Å². The minimum atomic E-state index is -4.48. The van der Waals surface area contributed by atoms with Gasteiger partial charge in [-0.2, -0.15) is 13.2 Å². The highest BCUT2D eigenvalue weighted by Crippen LogP contribution is 2.30. The molecule has 2 rings (SSSR count). The van der Waals surface area contributed by atoms with Gasteiger partial charge in [0.2, 0.25) is 5.95 Å². The first kappa shape index (κ1) is 16.0. The SMILES string of the molecule is Cc1cc(Cl)nc(NC(=O)Nc2cccc(C(F)(F)F)c2)n1. The Morgan fingerprint density at radius 2 is 1.91 bits per heavy atom. The molecule has 0 atom stereocenters. The molecule has 0 radical (unpaired) electrons. The van der Waals surface area contributed by atoms with E-state index in [9.17, 15) is 18.0 Å². The summed E-state index contributed by atoms with van der Waals surface area (Å²) in [4.78, 5) is 19.4. The summed E-state index contributed by atoms with van der Waals surface area (Å²) in [6.07, 6.45) is -4.48. The van der Waals surface area contributed by atoms with Crippen molar-refractivity contribution in [2.45, 2.75) is 13.1 Å². The third-order valence-electron chi connectivity index (χ3n) is 2.50. The Morgan fingerprint density at radius 1 is 1.18 bits per heavy atom. The maximum Gasteiger partial charge on any atom is 0.416 e. The molecule has 0 aliphatic carbocycles. The van der Waals surface area contributed by atoms with E-state index in [2.05, 4.69) is 20.6 Å². The summed E-state index contributed by atoms with van der Waals surface area (Å²) in [6, 6.07) is 4.98. The van der Waals surface area contributed by atoms with E-state index in [1.165, 1.54) is 18.2 Å². The number of alkyl halides is 3. The first-order chi connectivity index (χ1) is 10.2. The van der Waals surface area contributed by atoms with Crippen molar-refractivity contribution >= 4 is 29.3 Å². The predicted molar refractivity (Wildman–Crippen MR) is 75.9 cm³/mol. The maximum absolute atomic E-state index is 12.6. The Balaban J connectivity index is 2.09. The minimum absolute atomic E-state index is 0.00826. The van der Waals surface area contributed by atoms with E-state index in [1.54, 1.807) is 6.92 Å². The zero-order valence-electron chi connectivity index (χ0n) is 11.2. The van der Waals surface area contributed by atoms with Crippen LogP contribution in [-0.2, 0) is 6.18 Å². The number of carbonyl (C=O) groups excluding carboxylic acids is 1. The van der Waals surface area contributed by atoms with E-state index in [1.807, 2.05) is 0 Å². The monoisotopic (exact) mass is 330 g/mol. The highest BCUT2D eigenvalue weighted by Gasteiger charge is 2.30. The Bertz CT molecular complexity index is 686. The van der Waals surface area contributed by atoms with Crippen LogP contribution in [0.4, 0.5) is 29.6 Å².